The third-order valence-corrected chi connectivity index (χ3v) is 5.26. The van der Waals surface area contributed by atoms with Gasteiger partial charge in [0.15, 0.2) is 5.69 Å². The quantitative estimate of drug-likeness (QED) is 0.898. The lowest BCUT2D eigenvalue weighted by Gasteiger charge is -2.21. The zero-order valence-electron chi connectivity index (χ0n) is 12.6. The fraction of sp³-hybridized carbons (Fsp3) is 0.714. The van der Waals surface area contributed by atoms with Crippen molar-refractivity contribution in [2.24, 2.45) is 13.0 Å². The van der Waals surface area contributed by atoms with Gasteiger partial charge in [0.2, 0.25) is 10.0 Å². The minimum Gasteiger partial charge on any atom is -0.275 e. The molecule has 2 rings (SSSR count). The molecule has 1 aromatic heterocycles. The van der Waals surface area contributed by atoms with Gasteiger partial charge in [-0.2, -0.15) is 5.10 Å². The Morgan fingerprint density at radius 1 is 1.38 bits per heavy atom. The molecule has 0 aromatic carbocycles. The smallest absolute Gasteiger partial charge is 0.275 e. The molecule has 1 heterocycles. The van der Waals surface area contributed by atoms with Gasteiger partial charge in [-0.25, -0.2) is 13.1 Å². The number of carbonyl (C=O) groups is 1. The Hall–Kier alpha value is -1.37. The zero-order valence-corrected chi connectivity index (χ0v) is 13.4. The molecule has 0 atom stereocenters. The summed E-state index contributed by atoms with van der Waals surface area (Å²) in [6.45, 7) is 1.73. The summed E-state index contributed by atoms with van der Waals surface area (Å²) in [5.41, 5.74) is 0.830. The number of sulfonamides is 1. The Kier molecular flexibility index (Phi) is 5.03. The number of amides is 1. The highest BCUT2D eigenvalue weighted by Gasteiger charge is 2.22. The van der Waals surface area contributed by atoms with Gasteiger partial charge in [0.05, 0.1) is 5.75 Å². The fourth-order valence-corrected chi connectivity index (χ4v) is 3.99. The minimum atomic E-state index is -3.58. The first-order valence-corrected chi connectivity index (χ1v) is 9.07. The summed E-state index contributed by atoms with van der Waals surface area (Å²) in [4.78, 5) is 12.0. The SMILES string of the molecule is Cc1cn(C)nc1C(=O)NS(=O)(=O)CCC1CCCCC1. The zero-order chi connectivity index (χ0) is 15.5. The standard InChI is InChI=1S/C14H23N3O3S/c1-11-10-17(2)15-13(11)14(18)16-21(19,20)9-8-12-6-4-3-5-7-12/h10,12H,3-9H2,1-2H3,(H,16,18). The monoisotopic (exact) mass is 313 g/mol. The van der Waals surface area contributed by atoms with Gasteiger partial charge in [0.25, 0.3) is 5.91 Å². The molecule has 1 saturated carbocycles. The van der Waals surface area contributed by atoms with Crippen LogP contribution in [-0.2, 0) is 17.1 Å². The van der Waals surface area contributed by atoms with Crippen LogP contribution in [0.4, 0.5) is 0 Å². The Morgan fingerprint density at radius 2 is 2.05 bits per heavy atom. The van der Waals surface area contributed by atoms with Crippen molar-refractivity contribution in [1.29, 1.82) is 0 Å². The average molecular weight is 313 g/mol. The van der Waals surface area contributed by atoms with Crippen LogP contribution in [0, 0.1) is 12.8 Å². The van der Waals surface area contributed by atoms with E-state index in [0.717, 1.165) is 12.8 Å². The second kappa shape index (κ2) is 6.60. The van der Waals surface area contributed by atoms with Crippen LogP contribution in [0.1, 0.15) is 54.6 Å². The van der Waals surface area contributed by atoms with Crippen LogP contribution in [0.15, 0.2) is 6.20 Å². The molecule has 21 heavy (non-hydrogen) atoms. The van der Waals surface area contributed by atoms with Crippen molar-refractivity contribution in [3.63, 3.8) is 0 Å². The normalized spacial score (nSPS) is 16.9. The van der Waals surface area contributed by atoms with Crippen molar-refractivity contribution in [2.75, 3.05) is 5.75 Å². The maximum atomic E-state index is 12.0. The van der Waals surface area contributed by atoms with Crippen LogP contribution < -0.4 is 4.72 Å². The van der Waals surface area contributed by atoms with Gasteiger partial charge in [-0.3, -0.25) is 9.48 Å². The third-order valence-electron chi connectivity index (χ3n) is 3.99. The molecule has 0 spiro atoms. The van der Waals surface area contributed by atoms with Crippen LogP contribution in [0.5, 0.6) is 0 Å². The Morgan fingerprint density at radius 3 is 2.62 bits per heavy atom. The van der Waals surface area contributed by atoms with Crippen molar-refractivity contribution < 1.29 is 13.2 Å². The first-order chi connectivity index (χ1) is 9.87. The highest BCUT2D eigenvalue weighted by molar-refractivity contribution is 7.90. The van der Waals surface area contributed by atoms with E-state index in [4.69, 9.17) is 0 Å². The molecule has 0 aliphatic heterocycles. The van der Waals surface area contributed by atoms with E-state index in [2.05, 4.69) is 9.82 Å². The molecule has 0 unspecified atom stereocenters. The van der Waals surface area contributed by atoms with E-state index in [0.29, 0.717) is 17.9 Å². The van der Waals surface area contributed by atoms with E-state index in [1.165, 1.54) is 23.9 Å². The van der Waals surface area contributed by atoms with E-state index >= 15 is 0 Å². The number of rotatable bonds is 5. The summed E-state index contributed by atoms with van der Waals surface area (Å²) < 4.78 is 27.6. The van der Waals surface area contributed by atoms with E-state index < -0.39 is 15.9 Å². The summed E-state index contributed by atoms with van der Waals surface area (Å²) in [5.74, 6) is -0.159. The molecule has 7 heteroatoms. The van der Waals surface area contributed by atoms with E-state index in [1.807, 2.05) is 0 Å². The molecular formula is C14H23N3O3S. The topological polar surface area (TPSA) is 81.1 Å². The summed E-state index contributed by atoms with van der Waals surface area (Å²) in [5, 5.41) is 3.98. The van der Waals surface area contributed by atoms with Crippen molar-refractivity contribution in [3.05, 3.63) is 17.5 Å². The Labute approximate surface area is 126 Å². The van der Waals surface area contributed by atoms with Gasteiger partial charge in [0, 0.05) is 18.8 Å². The first-order valence-electron chi connectivity index (χ1n) is 7.42. The lowest BCUT2D eigenvalue weighted by atomic mass is 9.88. The summed E-state index contributed by atoms with van der Waals surface area (Å²) in [6.07, 6.45) is 8.13. The van der Waals surface area contributed by atoms with Crippen molar-refractivity contribution in [1.82, 2.24) is 14.5 Å². The summed E-state index contributed by atoms with van der Waals surface area (Å²) in [6, 6.07) is 0. The van der Waals surface area contributed by atoms with Crippen molar-refractivity contribution >= 4 is 15.9 Å². The lowest BCUT2D eigenvalue weighted by Crippen LogP contribution is -2.34. The number of nitrogens with zero attached hydrogens (tertiary/aromatic N) is 2. The van der Waals surface area contributed by atoms with Gasteiger partial charge in [0.1, 0.15) is 0 Å². The van der Waals surface area contributed by atoms with Gasteiger partial charge >= 0.3 is 0 Å². The summed E-state index contributed by atoms with van der Waals surface area (Å²) >= 11 is 0. The molecule has 1 aliphatic rings. The van der Waals surface area contributed by atoms with Gasteiger partial charge in [-0.05, 0) is 19.3 Å². The van der Waals surface area contributed by atoms with E-state index in [-0.39, 0.29) is 11.4 Å². The third kappa shape index (κ3) is 4.56. The second-order valence-electron chi connectivity index (χ2n) is 5.88. The van der Waals surface area contributed by atoms with Gasteiger partial charge < -0.3 is 0 Å². The number of hydrogen-bond donors (Lipinski definition) is 1. The predicted molar refractivity (Wildman–Crippen MR) is 80.4 cm³/mol. The van der Waals surface area contributed by atoms with Crippen molar-refractivity contribution in [3.8, 4) is 0 Å². The average Bonchev–Trinajstić information content (AvgIpc) is 2.76. The second-order valence-corrected chi connectivity index (χ2v) is 7.72. The fourth-order valence-electron chi connectivity index (χ4n) is 2.87. The van der Waals surface area contributed by atoms with Crippen molar-refractivity contribution in [2.45, 2.75) is 45.4 Å². The van der Waals surface area contributed by atoms with Crippen LogP contribution in [0.3, 0.4) is 0 Å². The Balaban J connectivity index is 1.91. The van der Waals surface area contributed by atoms with Crippen LogP contribution in [-0.4, -0.2) is 29.9 Å². The van der Waals surface area contributed by atoms with E-state index in [1.54, 1.807) is 20.2 Å². The van der Waals surface area contributed by atoms with Gasteiger partial charge in [-0.1, -0.05) is 32.1 Å². The highest BCUT2D eigenvalue weighted by atomic mass is 32.2. The molecule has 0 saturated heterocycles. The predicted octanol–water partition coefficient (Wildman–Crippen LogP) is 1.76. The number of hydrogen-bond acceptors (Lipinski definition) is 4. The molecule has 1 aromatic rings. The molecule has 1 amide bonds. The van der Waals surface area contributed by atoms with Crippen LogP contribution in [0.25, 0.3) is 0 Å². The highest BCUT2D eigenvalue weighted by Crippen LogP contribution is 2.26. The summed E-state index contributed by atoms with van der Waals surface area (Å²) in [7, 11) is -1.89. The molecular weight excluding hydrogens is 290 g/mol. The Bertz CT molecular complexity index is 601. The molecule has 1 aliphatic carbocycles. The maximum absolute atomic E-state index is 12.0. The van der Waals surface area contributed by atoms with Crippen LogP contribution in [0.2, 0.25) is 0 Å². The lowest BCUT2D eigenvalue weighted by molar-refractivity contribution is 0.0975. The first kappa shape index (κ1) is 16.0. The molecule has 118 valence electrons. The minimum absolute atomic E-state index is 0.00921. The maximum Gasteiger partial charge on any atom is 0.285 e. The number of aryl methyl sites for hydroxylation is 2. The molecule has 0 bridgehead atoms. The molecule has 1 fully saturated rings. The van der Waals surface area contributed by atoms with E-state index in [9.17, 15) is 13.2 Å². The van der Waals surface area contributed by atoms with Crippen LogP contribution >= 0.6 is 0 Å². The number of aromatic nitrogens is 2. The van der Waals surface area contributed by atoms with Gasteiger partial charge in [-0.15, -0.1) is 0 Å². The largest absolute Gasteiger partial charge is 0.285 e. The molecule has 6 nitrogen and oxygen atoms in total. The number of carbonyl (C=O) groups excluding carboxylic acids is 1. The molecule has 1 N–H and O–H groups in total. The molecule has 0 radical (unpaired) electrons. The number of nitrogens with one attached hydrogen (secondary N) is 1.